The van der Waals surface area contributed by atoms with Crippen LogP contribution in [0.2, 0.25) is 0 Å². The summed E-state index contributed by atoms with van der Waals surface area (Å²) in [6.07, 6.45) is -2.45. The van der Waals surface area contributed by atoms with Gasteiger partial charge >= 0.3 is 26.2 Å². The number of benzene rings is 2. The first kappa shape index (κ1) is 26.8. The van der Waals surface area contributed by atoms with Gasteiger partial charge in [-0.1, -0.05) is 24.3 Å². The minimum Gasteiger partial charge on any atom is -0.467 e. The summed E-state index contributed by atoms with van der Waals surface area (Å²) in [6, 6.07) is 8.81. The normalized spacial score (nSPS) is 12.6. The van der Waals surface area contributed by atoms with Gasteiger partial charge < -0.3 is 4.74 Å². The van der Waals surface area contributed by atoms with Crippen molar-refractivity contribution < 1.29 is 44.6 Å². The SMILES string of the molecule is COC(=O)C(CCCOS(=O)(=O)c1ccccc1[N+](=O)[O-])OS(=O)(=O)c1ccccc1[N+](=O)[O-]. The van der Waals surface area contributed by atoms with Crippen molar-refractivity contribution in [2.75, 3.05) is 13.7 Å². The van der Waals surface area contributed by atoms with Crippen LogP contribution in [0.5, 0.6) is 0 Å². The van der Waals surface area contributed by atoms with Gasteiger partial charge in [-0.15, -0.1) is 0 Å². The van der Waals surface area contributed by atoms with Crippen LogP contribution in [0.1, 0.15) is 12.8 Å². The Morgan fingerprint density at radius 1 is 0.882 bits per heavy atom. The molecule has 0 aromatic heterocycles. The third-order valence-corrected chi connectivity index (χ3v) is 6.95. The number of carbonyl (C=O) groups excluding carboxylic acids is 1. The highest BCUT2D eigenvalue weighted by molar-refractivity contribution is 7.87. The summed E-state index contributed by atoms with van der Waals surface area (Å²) in [5.41, 5.74) is -1.47. The summed E-state index contributed by atoms with van der Waals surface area (Å²) >= 11 is 0. The van der Waals surface area contributed by atoms with Crippen molar-refractivity contribution in [2.45, 2.75) is 28.7 Å². The minimum absolute atomic E-state index is 0.258. The topological polar surface area (TPSA) is 199 Å². The van der Waals surface area contributed by atoms with Gasteiger partial charge in [0.1, 0.15) is 0 Å². The lowest BCUT2D eigenvalue weighted by Crippen LogP contribution is -2.29. The molecule has 0 heterocycles. The number of rotatable bonds is 12. The molecule has 0 aliphatic heterocycles. The molecular weight excluding hydrogens is 500 g/mol. The average molecular weight is 518 g/mol. The number of esters is 1. The second-order valence-electron chi connectivity index (χ2n) is 6.43. The van der Waals surface area contributed by atoms with Crippen molar-refractivity contribution in [3.63, 3.8) is 0 Å². The van der Waals surface area contributed by atoms with Crippen LogP contribution >= 0.6 is 0 Å². The molecule has 14 nitrogen and oxygen atoms in total. The maximum absolute atomic E-state index is 12.5. The molecule has 0 amide bonds. The van der Waals surface area contributed by atoms with Crippen molar-refractivity contribution >= 4 is 37.6 Å². The van der Waals surface area contributed by atoms with E-state index in [2.05, 4.69) is 4.74 Å². The first-order chi connectivity index (χ1) is 15.9. The van der Waals surface area contributed by atoms with Crippen molar-refractivity contribution in [1.29, 1.82) is 0 Å². The van der Waals surface area contributed by atoms with E-state index >= 15 is 0 Å². The molecule has 0 saturated heterocycles. The standard InChI is InChI=1S/C18H18N2O12S2/c1-30-18(21)15(32-34(28,29)17-11-5-3-8-14(17)20(24)25)9-6-12-31-33(26,27)16-10-4-2-7-13(16)19(22)23/h2-5,7-8,10-11,15H,6,9,12H2,1H3. The van der Waals surface area contributed by atoms with Crippen LogP contribution < -0.4 is 0 Å². The summed E-state index contributed by atoms with van der Waals surface area (Å²) in [4.78, 5) is 30.8. The third-order valence-electron chi connectivity index (χ3n) is 4.22. The molecule has 0 N–H and O–H groups in total. The van der Waals surface area contributed by atoms with Crippen LogP contribution in [0.15, 0.2) is 58.3 Å². The van der Waals surface area contributed by atoms with Crippen LogP contribution in [0.4, 0.5) is 11.4 Å². The van der Waals surface area contributed by atoms with E-state index < -0.39 is 76.3 Å². The predicted octanol–water partition coefficient (Wildman–Crippen LogP) is 1.94. The van der Waals surface area contributed by atoms with Crippen LogP contribution in [-0.4, -0.2) is 52.5 Å². The van der Waals surface area contributed by atoms with Crippen molar-refractivity contribution in [3.05, 3.63) is 68.8 Å². The fraction of sp³-hybridized carbons (Fsp3) is 0.278. The summed E-state index contributed by atoms with van der Waals surface area (Å²) < 4.78 is 63.8. The molecule has 2 rings (SSSR count). The van der Waals surface area contributed by atoms with Gasteiger partial charge in [0.2, 0.25) is 0 Å². The molecule has 1 atom stereocenters. The van der Waals surface area contributed by atoms with E-state index in [1.54, 1.807) is 0 Å². The number of nitrogens with zero attached hydrogens (tertiary/aromatic N) is 2. The molecular formula is C18H18N2O12S2. The molecule has 0 spiro atoms. The van der Waals surface area contributed by atoms with Crippen LogP contribution in [0.25, 0.3) is 0 Å². The highest BCUT2D eigenvalue weighted by atomic mass is 32.2. The quantitative estimate of drug-likeness (QED) is 0.130. The molecule has 0 saturated carbocycles. The first-order valence-electron chi connectivity index (χ1n) is 9.28. The van der Waals surface area contributed by atoms with E-state index in [-0.39, 0.29) is 6.42 Å². The number of nitro benzene ring substituents is 2. The molecule has 2 aromatic carbocycles. The van der Waals surface area contributed by atoms with Gasteiger partial charge in [-0.3, -0.25) is 28.6 Å². The van der Waals surface area contributed by atoms with Crippen molar-refractivity contribution in [2.24, 2.45) is 0 Å². The molecule has 0 aliphatic rings. The van der Waals surface area contributed by atoms with Crippen molar-refractivity contribution in [1.82, 2.24) is 0 Å². The molecule has 16 heteroatoms. The van der Waals surface area contributed by atoms with E-state index in [0.717, 1.165) is 31.4 Å². The Kier molecular flexibility index (Phi) is 8.74. The Labute approximate surface area is 193 Å². The zero-order valence-electron chi connectivity index (χ0n) is 17.4. The van der Waals surface area contributed by atoms with E-state index in [1.165, 1.54) is 24.3 Å². The Morgan fingerprint density at radius 3 is 1.82 bits per heavy atom. The van der Waals surface area contributed by atoms with Crippen LogP contribution in [0.3, 0.4) is 0 Å². The molecule has 34 heavy (non-hydrogen) atoms. The molecule has 0 aliphatic carbocycles. The molecule has 0 bridgehead atoms. The van der Waals surface area contributed by atoms with Gasteiger partial charge in [0, 0.05) is 12.1 Å². The van der Waals surface area contributed by atoms with Crippen LogP contribution in [-0.2, 0) is 38.1 Å². The Balaban J connectivity index is 2.12. The highest BCUT2D eigenvalue weighted by Crippen LogP contribution is 2.27. The van der Waals surface area contributed by atoms with Gasteiger partial charge in [0.05, 0.1) is 23.6 Å². The smallest absolute Gasteiger partial charge is 0.336 e. The van der Waals surface area contributed by atoms with E-state index in [9.17, 15) is 41.9 Å². The number of ether oxygens (including phenoxy) is 1. The number of carbonyl (C=O) groups is 1. The van der Waals surface area contributed by atoms with E-state index in [0.29, 0.717) is 0 Å². The van der Waals surface area contributed by atoms with E-state index in [4.69, 9.17) is 8.37 Å². The third kappa shape index (κ3) is 6.53. The van der Waals surface area contributed by atoms with Gasteiger partial charge in [0.15, 0.2) is 15.9 Å². The minimum atomic E-state index is -4.79. The zero-order valence-corrected chi connectivity index (χ0v) is 19.1. The largest absolute Gasteiger partial charge is 0.467 e. The van der Waals surface area contributed by atoms with Gasteiger partial charge in [-0.2, -0.15) is 16.8 Å². The monoisotopic (exact) mass is 518 g/mol. The lowest BCUT2D eigenvalue weighted by atomic mass is 10.2. The maximum atomic E-state index is 12.5. The number of nitro groups is 2. The lowest BCUT2D eigenvalue weighted by molar-refractivity contribution is -0.388. The molecule has 0 radical (unpaired) electrons. The predicted molar refractivity (Wildman–Crippen MR) is 113 cm³/mol. The summed E-state index contributed by atoms with van der Waals surface area (Å²) in [5.74, 6) is -1.14. The van der Waals surface area contributed by atoms with E-state index in [1.807, 2.05) is 0 Å². The molecule has 2 aromatic rings. The second kappa shape index (κ2) is 11.1. The lowest BCUT2D eigenvalue weighted by Gasteiger charge is -2.15. The molecule has 1 unspecified atom stereocenters. The number of hydrogen-bond acceptors (Lipinski definition) is 12. The number of methoxy groups -OCH3 is 1. The highest BCUT2D eigenvalue weighted by Gasteiger charge is 2.33. The maximum Gasteiger partial charge on any atom is 0.336 e. The fourth-order valence-corrected chi connectivity index (χ4v) is 5.02. The van der Waals surface area contributed by atoms with Crippen LogP contribution in [0, 0.1) is 20.2 Å². The second-order valence-corrected chi connectivity index (χ2v) is 9.55. The van der Waals surface area contributed by atoms with Crippen molar-refractivity contribution in [3.8, 4) is 0 Å². The van der Waals surface area contributed by atoms with Gasteiger partial charge in [-0.25, -0.2) is 4.79 Å². The Bertz CT molecular complexity index is 1290. The Morgan fingerprint density at radius 2 is 1.35 bits per heavy atom. The molecule has 0 fully saturated rings. The first-order valence-corrected chi connectivity index (χ1v) is 12.1. The summed E-state index contributed by atoms with van der Waals surface area (Å²) in [7, 11) is -8.39. The number of hydrogen-bond donors (Lipinski definition) is 0. The molecule has 184 valence electrons. The fourth-order valence-electron chi connectivity index (χ4n) is 2.68. The average Bonchev–Trinajstić information content (AvgIpc) is 2.80. The summed E-state index contributed by atoms with van der Waals surface area (Å²) in [6.45, 7) is -0.587. The van der Waals surface area contributed by atoms with Gasteiger partial charge in [-0.05, 0) is 25.0 Å². The number of para-hydroxylation sites is 2. The zero-order chi connectivity index (χ0) is 25.5. The summed E-state index contributed by atoms with van der Waals surface area (Å²) in [5, 5.41) is 22.1. The Hall–Kier alpha value is -3.47. The van der Waals surface area contributed by atoms with Gasteiger partial charge in [0.25, 0.3) is 11.4 Å².